The minimum atomic E-state index is 0.233. The van der Waals surface area contributed by atoms with Crippen LogP contribution in [0.2, 0.25) is 0 Å². The molecule has 0 aliphatic heterocycles. The maximum Gasteiger partial charge on any atom is 0.218 e. The highest BCUT2D eigenvalue weighted by molar-refractivity contribution is 5.28. The summed E-state index contributed by atoms with van der Waals surface area (Å²) in [5.41, 5.74) is 1.07. The van der Waals surface area contributed by atoms with Crippen LogP contribution in [0, 0.1) is 0 Å². The second-order valence-electron chi connectivity index (χ2n) is 3.25. The molecule has 0 aliphatic rings. The monoisotopic (exact) mass is 210 g/mol. The largest absolute Gasteiger partial charge is 0.475 e. The van der Waals surface area contributed by atoms with Crippen LogP contribution in [0.5, 0.6) is 5.88 Å². The topological polar surface area (TPSA) is 43.4 Å². The second kappa shape index (κ2) is 6.37. The number of nitrogens with zero attached hydrogens (tertiary/aromatic N) is 1. The van der Waals surface area contributed by atoms with Crippen LogP contribution < -0.4 is 10.1 Å². The van der Waals surface area contributed by atoms with Gasteiger partial charge in [0.1, 0.15) is 6.61 Å². The summed E-state index contributed by atoms with van der Waals surface area (Å²) in [5, 5.41) is 3.16. The predicted octanol–water partition coefficient (Wildman–Crippen LogP) is 1.39. The van der Waals surface area contributed by atoms with Crippen molar-refractivity contribution in [3.63, 3.8) is 0 Å². The van der Waals surface area contributed by atoms with Crippen molar-refractivity contribution in [3.8, 4) is 5.88 Å². The van der Waals surface area contributed by atoms with E-state index in [4.69, 9.17) is 9.47 Å². The Morgan fingerprint density at radius 3 is 2.93 bits per heavy atom. The molecule has 84 valence electrons. The van der Waals surface area contributed by atoms with E-state index in [1.807, 2.05) is 19.2 Å². The first kappa shape index (κ1) is 11.9. The third-order valence-corrected chi connectivity index (χ3v) is 2.23. The molecule has 0 aromatic carbocycles. The third kappa shape index (κ3) is 3.49. The van der Waals surface area contributed by atoms with Crippen molar-refractivity contribution in [2.75, 3.05) is 27.4 Å². The first-order valence-corrected chi connectivity index (χ1v) is 5.03. The quantitative estimate of drug-likeness (QED) is 0.720. The molecule has 1 atom stereocenters. The van der Waals surface area contributed by atoms with Crippen LogP contribution in [0.1, 0.15) is 18.5 Å². The summed E-state index contributed by atoms with van der Waals surface area (Å²) in [7, 11) is 3.56. The van der Waals surface area contributed by atoms with Crippen LogP contribution in [0.4, 0.5) is 0 Å². The second-order valence-corrected chi connectivity index (χ2v) is 3.25. The van der Waals surface area contributed by atoms with Gasteiger partial charge in [-0.05, 0) is 20.0 Å². The maximum absolute atomic E-state index is 5.52. The fraction of sp³-hybridized carbons (Fsp3) is 0.545. The lowest BCUT2D eigenvalue weighted by molar-refractivity contribution is 0.142. The summed E-state index contributed by atoms with van der Waals surface area (Å²) in [6, 6.07) is 4.15. The van der Waals surface area contributed by atoms with Gasteiger partial charge in [0.15, 0.2) is 0 Å². The van der Waals surface area contributed by atoms with Crippen LogP contribution in [-0.2, 0) is 4.74 Å². The van der Waals surface area contributed by atoms with Crippen LogP contribution in [0.25, 0.3) is 0 Å². The Kier molecular flexibility index (Phi) is 5.07. The summed E-state index contributed by atoms with van der Waals surface area (Å²) >= 11 is 0. The zero-order chi connectivity index (χ0) is 11.1. The molecule has 0 bridgehead atoms. The number of nitrogens with one attached hydrogen (secondary N) is 1. The van der Waals surface area contributed by atoms with Gasteiger partial charge in [0, 0.05) is 24.9 Å². The lowest BCUT2D eigenvalue weighted by Gasteiger charge is -2.14. The summed E-state index contributed by atoms with van der Waals surface area (Å²) in [6.45, 7) is 3.17. The minimum absolute atomic E-state index is 0.233. The van der Waals surface area contributed by atoms with Crippen LogP contribution in [0.3, 0.4) is 0 Å². The Bertz CT molecular complexity index is 292. The highest BCUT2D eigenvalue weighted by Gasteiger charge is 2.10. The normalized spacial score (nSPS) is 12.5. The molecule has 1 aromatic heterocycles. The summed E-state index contributed by atoms with van der Waals surface area (Å²) in [6.07, 6.45) is 1.73. The lowest BCUT2D eigenvalue weighted by atomic mass is 10.1. The van der Waals surface area contributed by atoms with E-state index in [0.717, 1.165) is 5.56 Å². The fourth-order valence-electron chi connectivity index (χ4n) is 1.23. The van der Waals surface area contributed by atoms with Crippen molar-refractivity contribution in [2.45, 2.75) is 13.0 Å². The van der Waals surface area contributed by atoms with E-state index in [-0.39, 0.29) is 6.04 Å². The van der Waals surface area contributed by atoms with E-state index < -0.39 is 0 Å². The van der Waals surface area contributed by atoms with Gasteiger partial charge in [-0.3, -0.25) is 0 Å². The molecule has 0 saturated heterocycles. The molecule has 1 heterocycles. The van der Waals surface area contributed by atoms with E-state index in [0.29, 0.717) is 19.1 Å². The molecule has 15 heavy (non-hydrogen) atoms. The number of hydrogen-bond donors (Lipinski definition) is 1. The van der Waals surface area contributed by atoms with Gasteiger partial charge in [-0.1, -0.05) is 6.07 Å². The molecule has 0 fully saturated rings. The predicted molar refractivity (Wildman–Crippen MR) is 59.1 cm³/mol. The number of pyridine rings is 1. The van der Waals surface area contributed by atoms with E-state index in [2.05, 4.69) is 17.2 Å². The molecule has 1 N–H and O–H groups in total. The number of methoxy groups -OCH3 is 1. The summed E-state index contributed by atoms with van der Waals surface area (Å²) in [5.74, 6) is 0.677. The lowest BCUT2D eigenvalue weighted by Crippen LogP contribution is -2.15. The molecule has 0 amide bonds. The smallest absolute Gasteiger partial charge is 0.218 e. The maximum atomic E-state index is 5.52. The SMILES string of the molecule is CNC(C)c1cccnc1OCCOC. The highest BCUT2D eigenvalue weighted by Crippen LogP contribution is 2.21. The Morgan fingerprint density at radius 1 is 1.47 bits per heavy atom. The van der Waals surface area contributed by atoms with Crippen molar-refractivity contribution in [1.29, 1.82) is 0 Å². The number of aromatic nitrogens is 1. The highest BCUT2D eigenvalue weighted by atomic mass is 16.5. The zero-order valence-electron chi connectivity index (χ0n) is 9.49. The molecule has 4 nitrogen and oxygen atoms in total. The van der Waals surface area contributed by atoms with Gasteiger partial charge >= 0.3 is 0 Å². The molecule has 1 unspecified atom stereocenters. The van der Waals surface area contributed by atoms with E-state index in [1.165, 1.54) is 0 Å². The van der Waals surface area contributed by atoms with Crippen molar-refractivity contribution >= 4 is 0 Å². The van der Waals surface area contributed by atoms with E-state index in [1.54, 1.807) is 13.3 Å². The van der Waals surface area contributed by atoms with Crippen molar-refractivity contribution < 1.29 is 9.47 Å². The van der Waals surface area contributed by atoms with E-state index in [9.17, 15) is 0 Å². The Morgan fingerprint density at radius 2 is 2.27 bits per heavy atom. The van der Waals surface area contributed by atoms with Gasteiger partial charge in [0.2, 0.25) is 5.88 Å². The van der Waals surface area contributed by atoms with Gasteiger partial charge < -0.3 is 14.8 Å². The van der Waals surface area contributed by atoms with Crippen LogP contribution in [-0.4, -0.2) is 32.4 Å². The van der Waals surface area contributed by atoms with Crippen LogP contribution in [0.15, 0.2) is 18.3 Å². The number of ether oxygens (including phenoxy) is 2. The molecule has 1 aromatic rings. The molecule has 0 aliphatic carbocycles. The number of hydrogen-bond acceptors (Lipinski definition) is 4. The van der Waals surface area contributed by atoms with Gasteiger partial charge in [-0.2, -0.15) is 0 Å². The van der Waals surface area contributed by atoms with Crippen molar-refractivity contribution in [1.82, 2.24) is 10.3 Å². The van der Waals surface area contributed by atoms with E-state index >= 15 is 0 Å². The molecular formula is C11H18N2O2. The number of rotatable bonds is 6. The molecule has 0 spiro atoms. The average molecular weight is 210 g/mol. The average Bonchev–Trinajstić information content (AvgIpc) is 2.29. The third-order valence-electron chi connectivity index (χ3n) is 2.23. The summed E-state index contributed by atoms with van der Waals surface area (Å²) in [4.78, 5) is 4.20. The summed E-state index contributed by atoms with van der Waals surface area (Å²) < 4.78 is 10.4. The minimum Gasteiger partial charge on any atom is -0.475 e. The Balaban J connectivity index is 2.68. The van der Waals surface area contributed by atoms with Gasteiger partial charge in [-0.25, -0.2) is 4.98 Å². The Labute approximate surface area is 90.6 Å². The molecule has 1 rings (SSSR count). The standard InChI is InChI=1S/C11H18N2O2/c1-9(12-2)10-5-4-6-13-11(10)15-8-7-14-3/h4-6,9,12H,7-8H2,1-3H3. The molecule has 0 radical (unpaired) electrons. The molecule has 0 saturated carbocycles. The zero-order valence-corrected chi connectivity index (χ0v) is 9.49. The first-order valence-electron chi connectivity index (χ1n) is 5.03. The molecule has 4 heteroatoms. The Hall–Kier alpha value is -1.13. The molecular weight excluding hydrogens is 192 g/mol. The van der Waals surface area contributed by atoms with Gasteiger partial charge in [0.05, 0.1) is 6.61 Å². The fourth-order valence-corrected chi connectivity index (χ4v) is 1.23. The van der Waals surface area contributed by atoms with Gasteiger partial charge in [0.25, 0.3) is 0 Å². The van der Waals surface area contributed by atoms with Gasteiger partial charge in [-0.15, -0.1) is 0 Å². The van der Waals surface area contributed by atoms with Crippen LogP contribution >= 0.6 is 0 Å². The van der Waals surface area contributed by atoms with Crippen molar-refractivity contribution in [2.24, 2.45) is 0 Å². The first-order chi connectivity index (χ1) is 7.29. The van der Waals surface area contributed by atoms with Crippen molar-refractivity contribution in [3.05, 3.63) is 23.9 Å².